The number of carbonyl (C=O) groups is 1. The molecule has 0 saturated carbocycles. The normalized spacial score (nSPS) is 18.5. The predicted octanol–water partition coefficient (Wildman–Crippen LogP) is 4.10. The largest absolute Gasteiger partial charge is 0.337 e. The van der Waals surface area contributed by atoms with Crippen molar-refractivity contribution in [1.29, 1.82) is 0 Å². The van der Waals surface area contributed by atoms with Crippen LogP contribution in [0, 0.1) is 0 Å². The first-order valence-electron chi connectivity index (χ1n) is 7.59. The van der Waals surface area contributed by atoms with Crippen LogP contribution in [0.5, 0.6) is 0 Å². The minimum atomic E-state index is 0.0682. The zero-order chi connectivity index (χ0) is 15.2. The Morgan fingerprint density at radius 3 is 2.90 bits per heavy atom. The number of nitrogens with zero attached hydrogens (tertiary/aromatic N) is 1. The zero-order valence-electron chi connectivity index (χ0n) is 12.4. The Morgan fingerprint density at radius 2 is 2.29 bits per heavy atom. The number of carbonyl (C=O) groups excluding carboxylic acids is 1. The smallest absolute Gasteiger partial charge is 0.253 e. The van der Waals surface area contributed by atoms with E-state index >= 15 is 0 Å². The molecule has 1 fully saturated rings. The van der Waals surface area contributed by atoms with Crippen LogP contribution in [0.1, 0.15) is 43.0 Å². The Morgan fingerprint density at radius 1 is 1.48 bits per heavy atom. The van der Waals surface area contributed by atoms with Crippen molar-refractivity contribution >= 4 is 33.4 Å². The summed E-state index contributed by atoms with van der Waals surface area (Å²) in [5.41, 5.74) is 0.660. The highest BCUT2D eigenvalue weighted by Gasteiger charge is 2.21. The monoisotopic (exact) mass is 372 g/mol. The van der Waals surface area contributed by atoms with Gasteiger partial charge in [0, 0.05) is 29.2 Å². The fraction of sp³-hybridized carbons (Fsp3) is 0.562. The first-order chi connectivity index (χ1) is 10.1. The van der Waals surface area contributed by atoms with Crippen molar-refractivity contribution in [2.45, 2.75) is 38.6 Å². The van der Waals surface area contributed by atoms with Crippen LogP contribution in [0.15, 0.2) is 22.7 Å². The highest BCUT2D eigenvalue weighted by molar-refractivity contribution is 9.10. The van der Waals surface area contributed by atoms with Gasteiger partial charge < -0.3 is 10.2 Å². The zero-order valence-corrected chi connectivity index (χ0v) is 14.7. The molecule has 1 saturated heterocycles. The van der Waals surface area contributed by atoms with Crippen molar-refractivity contribution in [3.05, 3.63) is 33.3 Å². The SMILES string of the molecule is CCCN(CC1CCCCN1)C(=O)c1ccc(Br)c(Cl)c1. The molecule has 0 radical (unpaired) electrons. The van der Waals surface area contributed by atoms with Crippen LogP contribution < -0.4 is 5.32 Å². The number of rotatable bonds is 5. The number of nitrogens with one attached hydrogen (secondary N) is 1. The van der Waals surface area contributed by atoms with Gasteiger partial charge in [-0.05, 0) is 59.9 Å². The third-order valence-corrected chi connectivity index (χ3v) is 5.03. The van der Waals surface area contributed by atoms with Crippen LogP contribution in [-0.4, -0.2) is 36.5 Å². The van der Waals surface area contributed by atoms with Gasteiger partial charge in [-0.1, -0.05) is 24.9 Å². The summed E-state index contributed by atoms with van der Waals surface area (Å²) in [5.74, 6) is 0.0682. The van der Waals surface area contributed by atoms with Gasteiger partial charge in [0.2, 0.25) is 0 Å². The topological polar surface area (TPSA) is 32.3 Å². The van der Waals surface area contributed by atoms with Gasteiger partial charge in [-0.15, -0.1) is 0 Å². The highest BCUT2D eigenvalue weighted by Crippen LogP contribution is 2.24. The molecule has 1 aliphatic heterocycles. The third kappa shape index (κ3) is 4.70. The third-order valence-electron chi connectivity index (χ3n) is 3.80. The predicted molar refractivity (Wildman–Crippen MR) is 91.0 cm³/mol. The molecule has 1 aromatic carbocycles. The first-order valence-corrected chi connectivity index (χ1v) is 8.76. The minimum absolute atomic E-state index is 0.0682. The molecule has 1 atom stereocenters. The molecule has 2 rings (SSSR count). The van der Waals surface area contributed by atoms with Crippen molar-refractivity contribution in [3.63, 3.8) is 0 Å². The molecular weight excluding hydrogens is 352 g/mol. The lowest BCUT2D eigenvalue weighted by Crippen LogP contribution is -2.46. The molecular formula is C16H22BrClN2O. The molecule has 21 heavy (non-hydrogen) atoms. The fourth-order valence-corrected chi connectivity index (χ4v) is 3.13. The van der Waals surface area contributed by atoms with Gasteiger partial charge in [0.15, 0.2) is 0 Å². The Bertz CT molecular complexity index is 489. The quantitative estimate of drug-likeness (QED) is 0.843. The molecule has 0 aromatic heterocycles. The summed E-state index contributed by atoms with van der Waals surface area (Å²) in [6.07, 6.45) is 4.59. The number of halogens is 2. The molecule has 116 valence electrons. The van der Waals surface area contributed by atoms with E-state index in [9.17, 15) is 4.79 Å². The van der Waals surface area contributed by atoms with Gasteiger partial charge in [0.05, 0.1) is 5.02 Å². The number of hydrogen-bond donors (Lipinski definition) is 1. The summed E-state index contributed by atoms with van der Waals surface area (Å²) >= 11 is 9.46. The van der Waals surface area contributed by atoms with E-state index in [1.54, 1.807) is 6.07 Å². The lowest BCUT2D eigenvalue weighted by molar-refractivity contribution is 0.0731. The van der Waals surface area contributed by atoms with Crippen LogP contribution in [0.2, 0.25) is 5.02 Å². The molecule has 1 aliphatic rings. The molecule has 0 aliphatic carbocycles. The maximum atomic E-state index is 12.7. The van der Waals surface area contributed by atoms with Crippen LogP contribution in [0.25, 0.3) is 0 Å². The lowest BCUT2D eigenvalue weighted by atomic mass is 10.0. The summed E-state index contributed by atoms with van der Waals surface area (Å²) in [5, 5.41) is 4.08. The van der Waals surface area contributed by atoms with E-state index < -0.39 is 0 Å². The number of hydrogen-bond acceptors (Lipinski definition) is 2. The molecule has 0 spiro atoms. The van der Waals surface area contributed by atoms with E-state index in [1.165, 1.54) is 12.8 Å². The second-order valence-corrected chi connectivity index (χ2v) is 6.79. The maximum absolute atomic E-state index is 12.7. The number of benzene rings is 1. The van der Waals surface area contributed by atoms with Gasteiger partial charge in [-0.3, -0.25) is 4.79 Å². The van der Waals surface area contributed by atoms with E-state index in [2.05, 4.69) is 28.2 Å². The van der Waals surface area contributed by atoms with Crippen LogP contribution >= 0.6 is 27.5 Å². The summed E-state index contributed by atoms with van der Waals surface area (Å²) in [6, 6.07) is 5.82. The van der Waals surface area contributed by atoms with Crippen molar-refractivity contribution in [2.24, 2.45) is 0 Å². The number of amides is 1. The Balaban J connectivity index is 2.08. The van der Waals surface area contributed by atoms with Crippen LogP contribution in [0.3, 0.4) is 0 Å². The standard InChI is InChI=1S/C16H22BrClN2O/c1-2-9-20(11-13-5-3-4-8-19-13)16(21)12-6-7-14(17)15(18)10-12/h6-7,10,13,19H,2-5,8-9,11H2,1H3. The molecule has 1 N–H and O–H groups in total. The average Bonchev–Trinajstić information content (AvgIpc) is 2.50. The molecule has 1 heterocycles. The Hall–Kier alpha value is -0.580. The molecule has 5 heteroatoms. The molecule has 3 nitrogen and oxygen atoms in total. The van der Waals surface area contributed by atoms with Gasteiger partial charge in [-0.2, -0.15) is 0 Å². The molecule has 1 amide bonds. The molecule has 1 aromatic rings. The first kappa shape index (κ1) is 16.8. The lowest BCUT2D eigenvalue weighted by Gasteiger charge is -2.30. The average molecular weight is 374 g/mol. The van der Waals surface area contributed by atoms with Crippen LogP contribution in [-0.2, 0) is 0 Å². The van der Waals surface area contributed by atoms with Gasteiger partial charge in [0.1, 0.15) is 0 Å². The van der Waals surface area contributed by atoms with E-state index in [0.29, 0.717) is 16.6 Å². The summed E-state index contributed by atoms with van der Waals surface area (Å²) < 4.78 is 0.816. The summed E-state index contributed by atoms with van der Waals surface area (Å²) in [4.78, 5) is 14.6. The Labute approximate surface area is 140 Å². The highest BCUT2D eigenvalue weighted by atomic mass is 79.9. The fourth-order valence-electron chi connectivity index (χ4n) is 2.70. The van der Waals surface area contributed by atoms with Crippen molar-refractivity contribution in [3.8, 4) is 0 Å². The van der Waals surface area contributed by atoms with E-state index in [1.807, 2.05) is 17.0 Å². The summed E-state index contributed by atoms with van der Waals surface area (Å²) in [6.45, 7) is 4.72. The van der Waals surface area contributed by atoms with Crippen molar-refractivity contribution in [2.75, 3.05) is 19.6 Å². The van der Waals surface area contributed by atoms with E-state index in [0.717, 1.165) is 36.9 Å². The number of piperidine rings is 1. The summed E-state index contributed by atoms with van der Waals surface area (Å²) in [7, 11) is 0. The second-order valence-electron chi connectivity index (χ2n) is 5.53. The second kappa shape index (κ2) is 8.16. The Kier molecular flexibility index (Phi) is 6.52. The minimum Gasteiger partial charge on any atom is -0.337 e. The van der Waals surface area contributed by atoms with Crippen molar-refractivity contribution < 1.29 is 4.79 Å². The van der Waals surface area contributed by atoms with Gasteiger partial charge in [-0.25, -0.2) is 0 Å². The molecule has 1 unspecified atom stereocenters. The molecule has 0 bridgehead atoms. The van der Waals surface area contributed by atoms with Gasteiger partial charge in [0.25, 0.3) is 5.91 Å². The van der Waals surface area contributed by atoms with Crippen molar-refractivity contribution in [1.82, 2.24) is 10.2 Å². The van der Waals surface area contributed by atoms with Crippen LogP contribution in [0.4, 0.5) is 0 Å². The van der Waals surface area contributed by atoms with Gasteiger partial charge >= 0.3 is 0 Å². The maximum Gasteiger partial charge on any atom is 0.253 e. The van der Waals surface area contributed by atoms with E-state index in [4.69, 9.17) is 11.6 Å². The van der Waals surface area contributed by atoms with E-state index in [-0.39, 0.29) is 5.91 Å².